The molecule has 0 spiro atoms. The van der Waals surface area contributed by atoms with Gasteiger partial charge in [0.25, 0.3) is 0 Å². The number of anilines is 1. The van der Waals surface area contributed by atoms with E-state index in [9.17, 15) is 13.2 Å². The normalized spacial score (nSPS) is 18.4. The van der Waals surface area contributed by atoms with Gasteiger partial charge < -0.3 is 20.0 Å². The lowest BCUT2D eigenvalue weighted by molar-refractivity contribution is -0.137. The molecule has 2 aromatic rings. The Balaban J connectivity index is 1.88. The summed E-state index contributed by atoms with van der Waals surface area (Å²) in [5.74, 6) is 1.56. The molecular weight excluding hydrogens is 459 g/mol. The number of hydrogen-bond donors (Lipinski definition) is 2. The summed E-state index contributed by atoms with van der Waals surface area (Å²) in [6.45, 7) is 10.9. The minimum atomic E-state index is -4.46. The minimum Gasteiger partial charge on any atom is -0.464 e. The number of rotatable bonds is 4. The summed E-state index contributed by atoms with van der Waals surface area (Å²) in [6.07, 6.45) is -2.80. The predicted octanol–water partition coefficient (Wildman–Crippen LogP) is 6.77. The van der Waals surface area contributed by atoms with Gasteiger partial charge in [-0.25, -0.2) is 0 Å². The van der Waals surface area contributed by atoms with E-state index in [2.05, 4.69) is 38.3 Å². The lowest BCUT2D eigenvalue weighted by atomic mass is 9.79. The van der Waals surface area contributed by atoms with Gasteiger partial charge in [-0.05, 0) is 90.0 Å². The Morgan fingerprint density at radius 2 is 1.81 bits per heavy atom. The highest BCUT2D eigenvalue weighted by Gasteiger charge is 2.41. The Labute approximate surface area is 197 Å². The van der Waals surface area contributed by atoms with Gasteiger partial charge in [0.1, 0.15) is 11.5 Å². The summed E-state index contributed by atoms with van der Waals surface area (Å²) in [5.41, 5.74) is -0.710. The average Bonchev–Trinajstić information content (AvgIpc) is 3.02. The molecule has 3 rings (SSSR count). The second-order valence-electron chi connectivity index (χ2n) is 9.72. The van der Waals surface area contributed by atoms with Crippen molar-refractivity contribution in [2.75, 3.05) is 5.32 Å². The lowest BCUT2D eigenvalue weighted by Crippen LogP contribution is -2.63. The van der Waals surface area contributed by atoms with E-state index in [-0.39, 0.29) is 22.1 Å². The molecule has 0 amide bonds. The smallest absolute Gasteiger partial charge is 0.416 e. The van der Waals surface area contributed by atoms with Crippen molar-refractivity contribution in [1.82, 2.24) is 10.2 Å². The first kappa shape index (κ1) is 24.9. The van der Waals surface area contributed by atoms with Crippen molar-refractivity contribution in [1.29, 1.82) is 0 Å². The van der Waals surface area contributed by atoms with Crippen LogP contribution in [-0.4, -0.2) is 27.1 Å². The molecule has 1 aromatic heterocycles. The molecule has 4 nitrogen and oxygen atoms in total. The number of hydrogen-bond acceptors (Lipinski definition) is 3. The molecule has 0 atom stereocenters. The van der Waals surface area contributed by atoms with Gasteiger partial charge >= 0.3 is 6.18 Å². The molecule has 176 valence electrons. The van der Waals surface area contributed by atoms with Gasteiger partial charge in [0.15, 0.2) is 5.11 Å². The number of alkyl halides is 3. The molecule has 0 aliphatic carbocycles. The minimum absolute atomic E-state index is 0.0399. The highest BCUT2D eigenvalue weighted by atomic mass is 35.5. The molecule has 9 heteroatoms. The summed E-state index contributed by atoms with van der Waals surface area (Å²) in [6, 6.07) is 7.10. The molecule has 1 aliphatic heterocycles. The van der Waals surface area contributed by atoms with E-state index in [1.807, 2.05) is 24.0 Å². The molecule has 0 bridgehead atoms. The van der Waals surface area contributed by atoms with Crippen LogP contribution in [-0.2, 0) is 12.7 Å². The van der Waals surface area contributed by atoms with Crippen LogP contribution < -0.4 is 10.6 Å². The van der Waals surface area contributed by atoms with E-state index < -0.39 is 11.7 Å². The Kier molecular flexibility index (Phi) is 6.90. The first-order valence-electron chi connectivity index (χ1n) is 10.4. The van der Waals surface area contributed by atoms with E-state index in [1.54, 1.807) is 0 Å². The van der Waals surface area contributed by atoms with Gasteiger partial charge in [0, 0.05) is 17.1 Å². The third kappa shape index (κ3) is 6.17. The maximum absolute atomic E-state index is 13.0. The van der Waals surface area contributed by atoms with Gasteiger partial charge in [-0.2, -0.15) is 13.2 Å². The van der Waals surface area contributed by atoms with Gasteiger partial charge in [-0.3, -0.25) is 0 Å². The van der Waals surface area contributed by atoms with Gasteiger partial charge in [-0.1, -0.05) is 11.6 Å². The van der Waals surface area contributed by atoms with Crippen molar-refractivity contribution in [3.8, 4) is 0 Å². The summed E-state index contributed by atoms with van der Waals surface area (Å²) in [5, 5.41) is 7.07. The van der Waals surface area contributed by atoms with Crippen LogP contribution in [0.1, 0.15) is 57.6 Å². The lowest BCUT2D eigenvalue weighted by Gasteiger charge is -2.50. The maximum Gasteiger partial charge on any atom is 0.416 e. The van der Waals surface area contributed by atoms with E-state index in [4.69, 9.17) is 28.2 Å². The number of aryl methyl sites for hydroxylation is 1. The zero-order valence-corrected chi connectivity index (χ0v) is 20.4. The van der Waals surface area contributed by atoms with Crippen LogP contribution in [0.2, 0.25) is 5.02 Å². The molecule has 2 N–H and O–H groups in total. The fourth-order valence-electron chi connectivity index (χ4n) is 4.57. The zero-order chi connectivity index (χ0) is 23.9. The molecular formula is C23H29ClF3N3OS. The first-order chi connectivity index (χ1) is 14.7. The molecule has 1 fully saturated rings. The van der Waals surface area contributed by atoms with Crippen molar-refractivity contribution in [3.63, 3.8) is 0 Å². The van der Waals surface area contributed by atoms with Crippen LogP contribution in [0.3, 0.4) is 0 Å². The number of nitrogens with zero attached hydrogens (tertiary/aromatic N) is 1. The topological polar surface area (TPSA) is 40.4 Å². The third-order valence-corrected chi connectivity index (χ3v) is 6.18. The number of furan rings is 1. The van der Waals surface area contributed by atoms with Crippen molar-refractivity contribution in [2.24, 2.45) is 0 Å². The molecule has 1 aliphatic rings. The summed E-state index contributed by atoms with van der Waals surface area (Å²) >= 11 is 11.9. The van der Waals surface area contributed by atoms with Gasteiger partial charge in [-0.15, -0.1) is 0 Å². The number of benzene rings is 1. The molecule has 0 unspecified atom stereocenters. The standard InChI is InChI=1S/C23H29ClF3N3OS/c1-14-6-8-17(31-14)13-30(16-11-21(2,3)29-22(4,5)12-16)20(32)28-19-9-7-15(10-18(19)24)23(25,26)27/h6-10,16,29H,11-13H2,1-5H3,(H,28,32). The second-order valence-corrected chi connectivity index (χ2v) is 10.5. The first-order valence-corrected chi connectivity index (χ1v) is 11.2. The molecule has 1 saturated heterocycles. The van der Waals surface area contributed by atoms with Crippen LogP contribution >= 0.6 is 23.8 Å². The van der Waals surface area contributed by atoms with E-state index in [0.29, 0.717) is 17.3 Å². The zero-order valence-electron chi connectivity index (χ0n) is 18.9. The molecule has 2 heterocycles. The summed E-state index contributed by atoms with van der Waals surface area (Å²) < 4.78 is 44.8. The fraction of sp³-hybridized carbons (Fsp3) is 0.522. The summed E-state index contributed by atoms with van der Waals surface area (Å²) in [7, 11) is 0. The van der Waals surface area contributed by atoms with Crippen LogP contribution in [0.25, 0.3) is 0 Å². The Bertz CT molecular complexity index is 971. The molecule has 32 heavy (non-hydrogen) atoms. The molecule has 0 saturated carbocycles. The van der Waals surface area contributed by atoms with E-state index in [1.165, 1.54) is 6.07 Å². The van der Waals surface area contributed by atoms with Crippen molar-refractivity contribution in [2.45, 2.75) is 77.3 Å². The van der Waals surface area contributed by atoms with Crippen LogP contribution in [0.5, 0.6) is 0 Å². The quantitative estimate of drug-likeness (QED) is 0.466. The summed E-state index contributed by atoms with van der Waals surface area (Å²) in [4.78, 5) is 2.05. The Morgan fingerprint density at radius 3 is 2.31 bits per heavy atom. The van der Waals surface area contributed by atoms with Crippen molar-refractivity contribution in [3.05, 3.63) is 52.4 Å². The Hall–Kier alpha value is -1.77. The number of piperidine rings is 1. The predicted molar refractivity (Wildman–Crippen MR) is 126 cm³/mol. The van der Waals surface area contributed by atoms with Gasteiger partial charge in [0.05, 0.1) is 22.8 Å². The maximum atomic E-state index is 13.0. The second kappa shape index (κ2) is 8.88. The van der Waals surface area contributed by atoms with Crippen LogP contribution in [0, 0.1) is 6.92 Å². The highest BCUT2D eigenvalue weighted by Crippen LogP contribution is 2.35. The van der Waals surface area contributed by atoms with E-state index >= 15 is 0 Å². The molecule has 0 radical (unpaired) electrons. The fourth-order valence-corrected chi connectivity index (χ4v) is 5.12. The van der Waals surface area contributed by atoms with E-state index in [0.717, 1.165) is 36.5 Å². The average molecular weight is 488 g/mol. The monoisotopic (exact) mass is 487 g/mol. The van der Waals surface area contributed by atoms with Crippen molar-refractivity contribution >= 4 is 34.6 Å². The number of nitrogens with one attached hydrogen (secondary N) is 2. The highest BCUT2D eigenvalue weighted by molar-refractivity contribution is 7.80. The number of thiocarbonyl (C=S) groups is 1. The van der Waals surface area contributed by atoms with Crippen molar-refractivity contribution < 1.29 is 17.6 Å². The third-order valence-electron chi connectivity index (χ3n) is 5.53. The SMILES string of the molecule is Cc1ccc(CN(C(=S)Nc2ccc(C(F)(F)F)cc2Cl)C2CC(C)(C)NC(C)(C)C2)o1. The number of halogens is 4. The largest absolute Gasteiger partial charge is 0.464 e. The molecule has 1 aromatic carbocycles. The van der Waals surface area contributed by atoms with Crippen LogP contribution in [0.4, 0.5) is 18.9 Å². The van der Waals surface area contributed by atoms with Crippen LogP contribution in [0.15, 0.2) is 34.7 Å². The Morgan fingerprint density at radius 1 is 1.19 bits per heavy atom. The van der Waals surface area contributed by atoms with Gasteiger partial charge in [0.2, 0.25) is 0 Å².